The molecule has 360 valence electrons. The Kier molecular flexibility index (Phi) is 21.8. The molecular weight excluding hydrogens is 781 g/mol. The highest BCUT2D eigenvalue weighted by molar-refractivity contribution is 5.70. The van der Waals surface area contributed by atoms with Crippen molar-refractivity contribution in [3.05, 3.63) is 11.1 Å². The molecule has 0 radical (unpaired) electrons. The summed E-state index contributed by atoms with van der Waals surface area (Å²) >= 11 is 0. The van der Waals surface area contributed by atoms with E-state index in [1.165, 1.54) is 155 Å². The number of carbonyl (C=O) groups excluding carboxylic acids is 2. The number of carbonyl (C=O) groups is 2. The third-order valence-electron chi connectivity index (χ3n) is 16.6. The Morgan fingerprint density at radius 1 is 0.677 bits per heavy atom. The Morgan fingerprint density at radius 2 is 1.10 bits per heavy atom. The van der Waals surface area contributed by atoms with Gasteiger partial charge >= 0.3 is 11.9 Å². The number of ether oxygens (including phenoxy) is 3. The zero-order valence-electron chi connectivity index (χ0n) is 40.8. The molecule has 0 unspecified atom stereocenters. The van der Waals surface area contributed by atoms with E-state index in [0.717, 1.165) is 19.3 Å². The first kappa shape index (κ1) is 53.1. The summed E-state index contributed by atoms with van der Waals surface area (Å²) in [4.78, 5) is 26.4. The summed E-state index contributed by atoms with van der Waals surface area (Å²) in [5.41, 5.74) is -4.77. The molecule has 9 nitrogen and oxygen atoms in total. The minimum atomic E-state index is -1.86. The lowest BCUT2D eigenvalue weighted by Crippen LogP contribution is -2.80. The number of esters is 2. The van der Waals surface area contributed by atoms with E-state index in [1.54, 1.807) is 20.8 Å². The zero-order valence-corrected chi connectivity index (χ0v) is 40.8. The molecule has 0 aromatic rings. The molecule has 1 heterocycles. The summed E-state index contributed by atoms with van der Waals surface area (Å²) in [5, 5.41) is 49.1. The van der Waals surface area contributed by atoms with Crippen molar-refractivity contribution >= 4 is 11.9 Å². The van der Waals surface area contributed by atoms with Crippen LogP contribution in [0.2, 0.25) is 0 Å². The number of rotatable bonds is 30. The summed E-state index contributed by atoms with van der Waals surface area (Å²) in [6, 6.07) is 0. The summed E-state index contributed by atoms with van der Waals surface area (Å²) in [6.45, 7) is 12.7. The molecule has 0 aromatic carbocycles. The van der Waals surface area contributed by atoms with E-state index in [2.05, 4.69) is 6.92 Å². The second-order valence-electron chi connectivity index (χ2n) is 21.5. The van der Waals surface area contributed by atoms with Gasteiger partial charge in [0.15, 0.2) is 6.10 Å². The summed E-state index contributed by atoms with van der Waals surface area (Å²) < 4.78 is 18.1. The van der Waals surface area contributed by atoms with Gasteiger partial charge in [0.1, 0.15) is 23.4 Å². The molecule has 1 aliphatic heterocycles. The number of unbranched alkanes of at least 4 members (excludes halogenated alkanes) is 26. The molecule has 4 rings (SSSR count). The maximum Gasteiger partial charge on any atom is 0.306 e. The minimum absolute atomic E-state index is 0.0417. The molecule has 0 aromatic heterocycles. The van der Waals surface area contributed by atoms with Gasteiger partial charge in [0.05, 0.1) is 18.8 Å². The van der Waals surface area contributed by atoms with Crippen LogP contribution in [0.4, 0.5) is 0 Å². The number of fused-ring (bicyclic) bond motifs is 5. The maximum atomic E-state index is 13.7. The van der Waals surface area contributed by atoms with Crippen LogP contribution in [-0.4, -0.2) is 80.7 Å². The third kappa shape index (κ3) is 13.1. The lowest BCUT2D eigenvalue weighted by atomic mass is 9.43. The average molecular weight is 875 g/mol. The van der Waals surface area contributed by atoms with Gasteiger partial charge in [-0.05, 0) is 36.8 Å². The fourth-order valence-electron chi connectivity index (χ4n) is 12.3. The predicted molar refractivity (Wildman–Crippen MR) is 249 cm³/mol. The first-order valence-electron chi connectivity index (χ1n) is 26.1. The van der Waals surface area contributed by atoms with E-state index >= 15 is 0 Å². The van der Waals surface area contributed by atoms with Gasteiger partial charge in [-0.15, -0.1) is 0 Å². The average Bonchev–Trinajstić information content (AvgIpc) is 3.22. The van der Waals surface area contributed by atoms with Crippen molar-refractivity contribution in [2.75, 3.05) is 6.61 Å². The van der Waals surface area contributed by atoms with E-state index in [1.807, 2.05) is 13.8 Å². The van der Waals surface area contributed by atoms with E-state index in [9.17, 15) is 30.0 Å². The maximum absolute atomic E-state index is 13.7. The van der Waals surface area contributed by atoms with Gasteiger partial charge in [0.2, 0.25) is 0 Å². The molecule has 4 N–H and O–H groups in total. The molecule has 10 atom stereocenters. The number of hydrogen-bond acceptors (Lipinski definition) is 9. The first-order chi connectivity index (χ1) is 29.6. The van der Waals surface area contributed by atoms with Crippen LogP contribution in [0.25, 0.3) is 0 Å². The van der Waals surface area contributed by atoms with Crippen LogP contribution in [0, 0.1) is 22.7 Å². The Labute approximate surface area is 378 Å². The van der Waals surface area contributed by atoms with Crippen LogP contribution in [0.1, 0.15) is 241 Å². The van der Waals surface area contributed by atoms with Gasteiger partial charge in [-0.2, -0.15) is 0 Å². The molecule has 4 aliphatic rings. The fourth-order valence-corrected chi connectivity index (χ4v) is 12.3. The van der Waals surface area contributed by atoms with Crippen molar-refractivity contribution in [2.45, 2.75) is 283 Å². The molecule has 3 aliphatic carbocycles. The van der Waals surface area contributed by atoms with Crippen LogP contribution < -0.4 is 0 Å². The van der Waals surface area contributed by atoms with Crippen molar-refractivity contribution in [1.82, 2.24) is 0 Å². The number of hydrogen-bond donors (Lipinski definition) is 4. The van der Waals surface area contributed by atoms with Gasteiger partial charge in [-0.3, -0.25) is 9.59 Å². The van der Waals surface area contributed by atoms with Gasteiger partial charge in [0, 0.05) is 36.5 Å². The summed E-state index contributed by atoms with van der Waals surface area (Å²) in [6.07, 6.45) is 30.8. The predicted octanol–water partition coefficient (Wildman–Crippen LogP) is 11.8. The lowest BCUT2D eigenvalue weighted by molar-refractivity contribution is -0.358. The quantitative estimate of drug-likeness (QED) is 0.0315. The van der Waals surface area contributed by atoms with Gasteiger partial charge in [-0.25, -0.2) is 0 Å². The molecule has 2 saturated carbocycles. The van der Waals surface area contributed by atoms with Gasteiger partial charge in [-0.1, -0.05) is 202 Å². The van der Waals surface area contributed by atoms with Crippen molar-refractivity contribution in [3.63, 3.8) is 0 Å². The highest BCUT2D eigenvalue weighted by atomic mass is 16.6. The standard InChI is InChI=1S/C53H94O9/c1-8-9-10-11-12-13-14-15-16-17-18-19-20-21-22-23-24-25-26-27-28-29-30-31-32-33-34-35-44(56)62-46-45-40(3)42(55)37-53(59,50(45,5)6)49(61-41(4)54)47-51(7,48(46)57)39(2)36-43-52(47,58)38-60-43/h39,42-43,46-49,55,57-59H,8-38H2,1-7H3/t39-,42-,43+,46+,47-,48+,49-,51+,52-,53+/m0/s1. The Morgan fingerprint density at radius 3 is 1.48 bits per heavy atom. The first-order valence-corrected chi connectivity index (χ1v) is 26.1. The molecule has 2 bridgehead atoms. The highest BCUT2D eigenvalue weighted by Gasteiger charge is 2.75. The monoisotopic (exact) mass is 875 g/mol. The van der Waals surface area contributed by atoms with Crippen LogP contribution in [0.5, 0.6) is 0 Å². The van der Waals surface area contributed by atoms with E-state index in [4.69, 9.17) is 14.2 Å². The normalized spacial score (nSPS) is 32.6. The largest absolute Gasteiger partial charge is 0.459 e. The molecular formula is C53H94O9. The van der Waals surface area contributed by atoms with Crippen LogP contribution >= 0.6 is 0 Å². The van der Waals surface area contributed by atoms with Crippen molar-refractivity contribution in [1.29, 1.82) is 0 Å². The van der Waals surface area contributed by atoms with E-state index < -0.39 is 70.4 Å². The lowest BCUT2D eigenvalue weighted by Gasteiger charge is -2.69. The molecule has 0 spiro atoms. The zero-order chi connectivity index (χ0) is 45.4. The van der Waals surface area contributed by atoms with Crippen molar-refractivity contribution in [3.8, 4) is 0 Å². The number of aliphatic hydroxyl groups excluding tert-OH is 2. The van der Waals surface area contributed by atoms with Crippen LogP contribution in [-0.2, 0) is 23.8 Å². The van der Waals surface area contributed by atoms with Crippen LogP contribution in [0.3, 0.4) is 0 Å². The van der Waals surface area contributed by atoms with E-state index in [0.29, 0.717) is 24.0 Å². The van der Waals surface area contributed by atoms with Crippen molar-refractivity contribution < 1.29 is 44.2 Å². The summed E-state index contributed by atoms with van der Waals surface area (Å²) in [7, 11) is 0. The molecule has 62 heavy (non-hydrogen) atoms. The second kappa shape index (κ2) is 25.4. The fraction of sp³-hybridized carbons (Fsp3) is 0.925. The molecule has 0 amide bonds. The van der Waals surface area contributed by atoms with Gasteiger partial charge < -0.3 is 34.6 Å². The second-order valence-corrected chi connectivity index (χ2v) is 21.5. The SMILES string of the molecule is CCCCCCCCCCCCCCCCCCCCCCCCCCCCCC(=O)O[C@@H]1C2=C(C)[C@@H](O)C[C@@](O)([C@@H](OC(C)=O)[C@@H]3[C@]4(O)CO[C@@H]4C[C@H](C)[C@@]3(C)[C@@H]1O)C2(C)C. The number of aliphatic hydroxyl groups is 4. The molecule has 3 fully saturated rings. The van der Waals surface area contributed by atoms with Gasteiger partial charge in [0.25, 0.3) is 0 Å². The minimum Gasteiger partial charge on any atom is -0.459 e. The Bertz CT molecular complexity index is 1380. The third-order valence-corrected chi connectivity index (χ3v) is 16.6. The molecule has 1 saturated heterocycles. The molecule has 9 heteroatoms. The summed E-state index contributed by atoms with van der Waals surface area (Å²) in [5.74, 6) is -2.30. The smallest absolute Gasteiger partial charge is 0.306 e. The van der Waals surface area contributed by atoms with Crippen molar-refractivity contribution in [2.24, 2.45) is 22.7 Å². The Balaban J connectivity index is 1.11. The van der Waals surface area contributed by atoms with E-state index in [-0.39, 0.29) is 25.4 Å². The highest BCUT2D eigenvalue weighted by Crippen LogP contribution is 2.65. The Hall–Kier alpha value is -1.52. The topological polar surface area (TPSA) is 143 Å². The van der Waals surface area contributed by atoms with Crippen LogP contribution in [0.15, 0.2) is 11.1 Å².